The van der Waals surface area contributed by atoms with Crippen LogP contribution >= 0.6 is 25.0 Å². The van der Waals surface area contributed by atoms with E-state index in [0.29, 0.717) is 135 Å². The third-order valence-corrected chi connectivity index (χ3v) is 20.4. The summed E-state index contributed by atoms with van der Waals surface area (Å²) in [4.78, 5) is 182. The number of hydrogen-bond acceptors (Lipinski definition) is 28. The number of amides is 11. The Labute approximate surface area is 772 Å². The van der Waals surface area contributed by atoms with E-state index in [2.05, 4.69) is 60.3 Å². The van der Waals surface area contributed by atoms with E-state index < -0.39 is 87.6 Å². The van der Waals surface area contributed by atoms with Crippen LogP contribution < -0.4 is 49.6 Å². The van der Waals surface area contributed by atoms with E-state index in [1.807, 2.05) is 87.6 Å². The van der Waals surface area contributed by atoms with Gasteiger partial charge in [0.15, 0.2) is 22.3 Å². The number of nitrogens with zero attached hydrogens (tertiary/aromatic N) is 7. The molecule has 8 heterocycles. The van der Waals surface area contributed by atoms with E-state index in [1.54, 1.807) is 89.8 Å². The van der Waals surface area contributed by atoms with Gasteiger partial charge < -0.3 is 70.8 Å². The SMILES string of the molecule is C#CCOCCCN(C)C(=O)OC(C)(C)C.CN(CCCOCC#Cc1ccc2c(c1)oc(=O)n2C1CCC(=O)NC1=O)C(=O)OC(C)(C)C.CN(CCCOCCCc1ccc2c(c1)oc(=O)n2C1CCC(=O)NC1=O)C(=O)OC(C)(C)C.CNCCCOCCCc1ccc2c(c1)oc(=O)n2C1CCC(=O)NC1=O.O=C1CCC(n2c(=O)oc3cc(Br)ccc32)C(=O)N1.O=P. The number of benzene rings is 4. The number of carbonyl (C=O) groups is 11. The Morgan fingerprint density at radius 3 is 1.08 bits per heavy atom. The number of carbonyl (C=O) groups excluding carboxylic acids is 11. The quantitative estimate of drug-likeness (QED) is 0.00918. The van der Waals surface area contributed by atoms with Gasteiger partial charge in [-0.05, 0) is 225 Å². The van der Waals surface area contributed by atoms with Crippen molar-refractivity contribution in [3.63, 3.8) is 0 Å². The molecule has 4 fully saturated rings. The Kier molecular flexibility index (Phi) is 41.8. The highest BCUT2D eigenvalue weighted by Crippen LogP contribution is 2.30. The van der Waals surface area contributed by atoms with E-state index in [9.17, 15) is 71.9 Å². The van der Waals surface area contributed by atoms with Gasteiger partial charge >= 0.3 is 41.3 Å². The molecule has 11 amide bonds. The number of nitrogens with one attached hydrogen (secondary N) is 5. The number of hydrogen-bond donors (Lipinski definition) is 5. The fourth-order valence-corrected chi connectivity index (χ4v) is 14.0. The first-order valence-corrected chi connectivity index (χ1v) is 44.3. The maximum Gasteiger partial charge on any atom is 0.420 e. The molecule has 4 aromatic heterocycles. The number of imide groups is 4. The number of oxazole rings is 4. The summed E-state index contributed by atoms with van der Waals surface area (Å²) in [7, 11) is 8.73. The first-order valence-electron chi connectivity index (χ1n) is 43.1. The Bertz CT molecular complexity index is 5720. The Balaban J connectivity index is 0.000000230. The average Bonchev–Trinajstić information content (AvgIpc) is 1.64. The average molecular weight is 1920 g/mol. The van der Waals surface area contributed by atoms with Crippen LogP contribution in [0.15, 0.2) is 114 Å². The molecule has 4 aromatic carbocycles. The Morgan fingerprint density at radius 1 is 0.439 bits per heavy atom. The van der Waals surface area contributed by atoms with Crippen LogP contribution in [0.25, 0.3) is 44.4 Å². The molecule has 8 aromatic rings. The fraction of sp³-hybridized carbons (Fsp3) is 0.527. The minimum absolute atomic E-state index is 0.163. The molecule has 0 bridgehead atoms. The van der Waals surface area contributed by atoms with Crippen molar-refractivity contribution in [3.05, 3.63) is 136 Å². The van der Waals surface area contributed by atoms with Gasteiger partial charge in [-0.15, -0.1) is 6.42 Å². The number of ether oxygens (including phenoxy) is 7. The van der Waals surface area contributed by atoms with Crippen molar-refractivity contribution in [2.24, 2.45) is 0 Å². The second-order valence-electron chi connectivity index (χ2n) is 34.0. The van der Waals surface area contributed by atoms with E-state index >= 15 is 0 Å². The largest absolute Gasteiger partial charge is 0.444 e. The van der Waals surface area contributed by atoms with Crippen LogP contribution in [-0.2, 0) is 88.9 Å². The summed E-state index contributed by atoms with van der Waals surface area (Å²) in [6.45, 7) is 23.1. The standard InChI is InChI=1S/C24H33N3O7.C24H29N3O7.C19H25N3O5.C12H9BrN2O4.C12H21NO3.HOP/c2*1-24(2,3)34-22(30)26(4)12-6-14-32-13-5-7-16-8-9-17-19(15-16)33-23(31)27(17)18-10-11-20(28)25-21(18)29;1-20-9-3-11-26-10-2-4-13-5-6-14-16(12-13)27-19(25)22(14)15-7-8-17(23)21-18(15)24;13-6-1-2-7-9(5-6)19-12(18)15(7)8-3-4-10(16)14-11(8)17;1-6-9-15-10-7-8-13(5)11(14)16-12(2,3)4;1-2/h8-9,15,18H,5-7,10-14H2,1-4H3,(H,25,28,29);8-9,15,18H,6,10-14H2,1-4H3,(H,25,28,29);5-6,12,15,20H,2-4,7-11H2,1H3,(H,21,23,24);1-2,5,8H,3-4H2,(H,14,16,17);1H,7-10H2,2-5H3;2H. The van der Waals surface area contributed by atoms with E-state index in [1.165, 1.54) is 28.1 Å². The van der Waals surface area contributed by atoms with Crippen LogP contribution in [0.2, 0.25) is 0 Å². The van der Waals surface area contributed by atoms with E-state index in [4.69, 9.17) is 61.8 Å². The summed E-state index contributed by atoms with van der Waals surface area (Å²) in [6, 6.07) is 18.2. The third kappa shape index (κ3) is 33.6. The molecule has 41 heteroatoms. The number of halogens is 1. The van der Waals surface area contributed by atoms with Gasteiger partial charge in [-0.3, -0.25) is 82.5 Å². The molecule has 39 nitrogen and oxygen atoms in total. The number of aromatic nitrogens is 4. The summed E-state index contributed by atoms with van der Waals surface area (Å²) < 4.78 is 72.8. The zero-order valence-electron chi connectivity index (χ0n) is 76.6. The molecule has 4 aliphatic heterocycles. The number of terminal acetylenes is 1. The smallest absolute Gasteiger partial charge is 0.420 e. The molecular formula is C91H118BrN12O27P. The number of aryl methyl sites for hydroxylation is 2. The first kappa shape index (κ1) is 107. The van der Waals surface area contributed by atoms with Gasteiger partial charge in [-0.2, -0.15) is 0 Å². The van der Waals surface area contributed by atoms with E-state index in [-0.39, 0.29) is 87.0 Å². The lowest BCUT2D eigenvalue weighted by atomic mass is 10.1. The van der Waals surface area contributed by atoms with Crippen molar-refractivity contribution < 1.29 is 108 Å². The van der Waals surface area contributed by atoms with E-state index in [0.717, 1.165) is 67.3 Å². The van der Waals surface area contributed by atoms with Crippen LogP contribution in [0, 0.1) is 24.2 Å². The van der Waals surface area contributed by atoms with Crippen LogP contribution in [0.4, 0.5) is 14.4 Å². The molecule has 4 aliphatic rings. The van der Waals surface area contributed by atoms with Crippen molar-refractivity contribution in [2.75, 3.05) is 107 Å². The predicted molar refractivity (Wildman–Crippen MR) is 489 cm³/mol. The fourth-order valence-electron chi connectivity index (χ4n) is 13.7. The minimum Gasteiger partial charge on any atom is -0.444 e. The maximum absolute atomic E-state index is 12.4. The lowest BCUT2D eigenvalue weighted by Gasteiger charge is -2.24. The van der Waals surface area contributed by atoms with Crippen LogP contribution in [0.3, 0.4) is 0 Å². The Morgan fingerprint density at radius 2 is 0.742 bits per heavy atom. The maximum atomic E-state index is 12.4. The lowest BCUT2D eigenvalue weighted by molar-refractivity contribution is -0.137. The van der Waals surface area contributed by atoms with Gasteiger partial charge in [0.1, 0.15) is 63.3 Å². The van der Waals surface area contributed by atoms with Crippen molar-refractivity contribution in [3.8, 4) is 24.2 Å². The monoisotopic (exact) mass is 1920 g/mol. The molecule has 0 radical (unpaired) electrons. The van der Waals surface area contributed by atoms with Crippen LogP contribution in [0.5, 0.6) is 0 Å². The summed E-state index contributed by atoms with van der Waals surface area (Å²) >= 11 is 3.29. The topological polar surface area (TPSA) is 480 Å². The van der Waals surface area contributed by atoms with Gasteiger partial charge in [0.05, 0.1) is 22.1 Å². The summed E-state index contributed by atoms with van der Waals surface area (Å²) in [5, 5.41) is 12.1. The second-order valence-corrected chi connectivity index (χ2v) is 34.9. The van der Waals surface area contributed by atoms with Gasteiger partial charge in [0.25, 0.3) is 0 Å². The highest BCUT2D eigenvalue weighted by atomic mass is 79.9. The molecule has 4 saturated heterocycles. The molecule has 0 aliphatic carbocycles. The third-order valence-electron chi connectivity index (χ3n) is 19.9. The zero-order chi connectivity index (χ0) is 97.2. The molecule has 716 valence electrons. The second kappa shape index (κ2) is 51.6. The number of piperidine rings is 4. The van der Waals surface area contributed by atoms with Gasteiger partial charge in [0.2, 0.25) is 47.3 Å². The normalized spacial score (nSPS) is 16.1. The highest BCUT2D eigenvalue weighted by Gasteiger charge is 2.36. The zero-order valence-corrected chi connectivity index (χ0v) is 79.2. The Hall–Kier alpha value is -12.2. The highest BCUT2D eigenvalue weighted by molar-refractivity contribution is 9.10. The first-order chi connectivity index (χ1) is 62.6. The summed E-state index contributed by atoms with van der Waals surface area (Å²) in [6.07, 6.45) is 12.2. The molecule has 12 rings (SSSR count). The molecule has 4 atom stereocenters. The molecule has 132 heavy (non-hydrogen) atoms. The number of fused-ring (bicyclic) bond motifs is 4. The molecule has 0 saturated carbocycles. The summed E-state index contributed by atoms with van der Waals surface area (Å²) in [5.41, 5.74) is 4.88. The van der Waals surface area contributed by atoms with Crippen molar-refractivity contribution in [1.29, 1.82) is 0 Å². The number of rotatable bonds is 30. The van der Waals surface area contributed by atoms with Gasteiger partial charge in [-0.25, -0.2) is 33.6 Å². The van der Waals surface area contributed by atoms with Crippen LogP contribution in [0.1, 0.15) is 193 Å². The lowest BCUT2D eigenvalue weighted by Crippen LogP contribution is -2.43. The van der Waals surface area contributed by atoms with Crippen molar-refractivity contribution in [1.82, 2.24) is 59.6 Å². The van der Waals surface area contributed by atoms with Gasteiger partial charge in [-0.1, -0.05) is 45.8 Å². The summed E-state index contributed by atoms with van der Waals surface area (Å²) in [5.74, 6) is 2.55. The minimum atomic E-state index is -0.786. The molecule has 4 unspecified atom stereocenters. The van der Waals surface area contributed by atoms with Crippen molar-refractivity contribution >= 4 is 135 Å². The van der Waals surface area contributed by atoms with Crippen LogP contribution in [-0.4, -0.2) is 223 Å². The molecule has 0 spiro atoms. The van der Waals surface area contributed by atoms with Crippen molar-refractivity contribution in [2.45, 2.75) is 206 Å². The molecule has 5 N–H and O–H groups in total. The predicted octanol–water partition coefficient (Wildman–Crippen LogP) is 9.81. The van der Waals surface area contributed by atoms with Gasteiger partial charge in [0, 0.05) is 116 Å². The molecular weight excluding hydrogens is 1800 g/mol.